The predicted octanol–water partition coefficient (Wildman–Crippen LogP) is 1.66. The van der Waals surface area contributed by atoms with Gasteiger partial charge in [-0.15, -0.1) is 0 Å². The molecular formula is C11H14NO4P. The molecule has 1 unspecified atom stereocenters. The van der Waals surface area contributed by atoms with Gasteiger partial charge < -0.3 is 19.4 Å². The van der Waals surface area contributed by atoms with Crippen LogP contribution in [0.4, 0.5) is 5.69 Å². The number of nitrogens with zero attached hydrogens (tertiary/aromatic N) is 1. The van der Waals surface area contributed by atoms with Gasteiger partial charge >= 0.3 is 7.60 Å². The van der Waals surface area contributed by atoms with E-state index >= 15 is 0 Å². The van der Waals surface area contributed by atoms with Crippen LogP contribution in [0.3, 0.4) is 0 Å². The van der Waals surface area contributed by atoms with Gasteiger partial charge in [-0.05, 0) is 12.1 Å². The average Bonchev–Trinajstić information content (AvgIpc) is 2.27. The molecule has 6 heteroatoms. The molecule has 1 aliphatic heterocycles. The van der Waals surface area contributed by atoms with E-state index in [-0.39, 0.29) is 0 Å². The summed E-state index contributed by atoms with van der Waals surface area (Å²) in [6.45, 7) is 0. The summed E-state index contributed by atoms with van der Waals surface area (Å²) >= 11 is 0. The van der Waals surface area contributed by atoms with E-state index in [1.54, 1.807) is 24.1 Å². The maximum Gasteiger partial charge on any atom is 0.351 e. The van der Waals surface area contributed by atoms with Crippen molar-refractivity contribution < 1.29 is 19.1 Å². The second kappa shape index (κ2) is 4.18. The van der Waals surface area contributed by atoms with E-state index in [9.17, 15) is 14.4 Å². The van der Waals surface area contributed by atoms with E-state index in [0.717, 1.165) is 5.56 Å². The summed E-state index contributed by atoms with van der Waals surface area (Å²) in [7, 11) is -1.02. The molecule has 0 radical (unpaired) electrons. The number of methoxy groups -OCH3 is 1. The highest BCUT2D eigenvalue weighted by molar-refractivity contribution is 7.53. The Morgan fingerprint density at radius 3 is 2.71 bits per heavy atom. The Kier molecular flexibility index (Phi) is 3.00. The Bertz CT molecular complexity index is 508. The molecule has 0 fully saturated rings. The van der Waals surface area contributed by atoms with Gasteiger partial charge in [-0.25, -0.2) is 0 Å². The molecule has 2 N–H and O–H groups in total. The fraction of sp³-hybridized carbons (Fsp3) is 0.273. The lowest BCUT2D eigenvalue weighted by Gasteiger charge is -2.33. The molecule has 0 aliphatic carbocycles. The predicted molar refractivity (Wildman–Crippen MR) is 66.3 cm³/mol. The molecule has 1 atom stereocenters. The van der Waals surface area contributed by atoms with E-state index in [1.807, 2.05) is 12.1 Å². The lowest BCUT2D eigenvalue weighted by atomic mass is 10.1. The molecule has 0 amide bonds. The van der Waals surface area contributed by atoms with Crippen LogP contribution >= 0.6 is 7.60 Å². The van der Waals surface area contributed by atoms with Crippen molar-refractivity contribution in [3.63, 3.8) is 0 Å². The summed E-state index contributed by atoms with van der Waals surface area (Å²) in [5.41, 5.74) is 1.59. The van der Waals surface area contributed by atoms with Gasteiger partial charge in [-0.2, -0.15) is 0 Å². The van der Waals surface area contributed by atoms with Crippen LogP contribution in [0.5, 0.6) is 5.75 Å². The van der Waals surface area contributed by atoms with Crippen molar-refractivity contribution in [3.8, 4) is 5.75 Å². The highest BCUT2D eigenvalue weighted by Crippen LogP contribution is 2.49. The van der Waals surface area contributed by atoms with Crippen LogP contribution in [0.25, 0.3) is 6.08 Å². The number of para-hydroxylation sites is 1. The zero-order chi connectivity index (χ0) is 12.6. The van der Waals surface area contributed by atoms with Gasteiger partial charge in [-0.1, -0.05) is 18.2 Å². The quantitative estimate of drug-likeness (QED) is 0.786. The van der Waals surface area contributed by atoms with Crippen LogP contribution < -0.4 is 9.64 Å². The average molecular weight is 255 g/mol. The Hall–Kier alpha value is -1.29. The highest BCUT2D eigenvalue weighted by Gasteiger charge is 2.34. The number of fused-ring (bicyclic) bond motifs is 1. The van der Waals surface area contributed by atoms with E-state index < -0.39 is 13.4 Å². The van der Waals surface area contributed by atoms with Crippen LogP contribution in [0.2, 0.25) is 0 Å². The zero-order valence-electron chi connectivity index (χ0n) is 9.57. The summed E-state index contributed by atoms with van der Waals surface area (Å²) in [6.07, 6.45) is 3.23. The summed E-state index contributed by atoms with van der Waals surface area (Å²) in [6, 6.07) is 5.49. The van der Waals surface area contributed by atoms with Gasteiger partial charge in [0.15, 0.2) is 0 Å². The van der Waals surface area contributed by atoms with Gasteiger partial charge in [0.2, 0.25) is 0 Å². The van der Waals surface area contributed by atoms with Crippen molar-refractivity contribution in [3.05, 3.63) is 29.8 Å². The van der Waals surface area contributed by atoms with Crippen LogP contribution in [0.1, 0.15) is 5.56 Å². The minimum atomic E-state index is -4.20. The molecule has 0 aromatic heterocycles. The topological polar surface area (TPSA) is 70.0 Å². The van der Waals surface area contributed by atoms with Crippen molar-refractivity contribution in [1.29, 1.82) is 0 Å². The Morgan fingerprint density at radius 1 is 1.41 bits per heavy atom. The normalized spacial score (nSPS) is 19.1. The first-order valence-electron chi connectivity index (χ1n) is 5.08. The molecule has 1 aromatic carbocycles. The molecule has 0 saturated heterocycles. The standard InChI is InChI=1S/C11H14NO4P/c1-12-10(17(13,14)15)7-6-8-4-3-5-9(16-2)11(8)12/h3-7,10H,1-2H3,(H2,13,14,15). The monoisotopic (exact) mass is 255 g/mol. The van der Waals surface area contributed by atoms with Gasteiger partial charge in [0, 0.05) is 12.6 Å². The third-order valence-corrected chi connectivity index (χ3v) is 4.00. The summed E-state index contributed by atoms with van der Waals surface area (Å²) in [5, 5.41) is 0. The number of likely N-dealkylation sites (N-methyl/N-ethyl adjacent to an activating group) is 1. The summed E-state index contributed by atoms with van der Waals surface area (Å²) < 4.78 is 16.6. The lowest BCUT2D eigenvalue weighted by molar-refractivity contribution is 0.363. The molecular weight excluding hydrogens is 241 g/mol. The van der Waals surface area contributed by atoms with Crippen molar-refractivity contribution in [2.75, 3.05) is 19.1 Å². The lowest BCUT2D eigenvalue weighted by Crippen LogP contribution is -2.32. The number of benzene rings is 1. The largest absolute Gasteiger partial charge is 0.495 e. The maximum absolute atomic E-state index is 11.4. The summed E-state index contributed by atoms with van der Waals surface area (Å²) in [4.78, 5) is 20.1. The van der Waals surface area contributed by atoms with Gasteiger partial charge in [0.25, 0.3) is 0 Å². The van der Waals surface area contributed by atoms with Gasteiger partial charge in [-0.3, -0.25) is 4.57 Å². The zero-order valence-corrected chi connectivity index (χ0v) is 10.5. The first-order valence-corrected chi connectivity index (χ1v) is 6.76. The fourth-order valence-corrected chi connectivity index (χ4v) is 2.88. The first-order chi connectivity index (χ1) is 7.95. The van der Waals surface area contributed by atoms with Gasteiger partial charge in [0.1, 0.15) is 11.5 Å². The number of ether oxygens (including phenoxy) is 1. The Morgan fingerprint density at radius 2 is 2.12 bits per heavy atom. The van der Waals surface area contributed by atoms with E-state index in [4.69, 9.17) is 4.74 Å². The van der Waals surface area contributed by atoms with Crippen molar-refractivity contribution >= 4 is 19.4 Å². The molecule has 0 bridgehead atoms. The molecule has 5 nitrogen and oxygen atoms in total. The smallest absolute Gasteiger partial charge is 0.351 e. The first kappa shape index (κ1) is 12.2. The number of hydrogen-bond donors (Lipinski definition) is 2. The van der Waals surface area contributed by atoms with E-state index in [0.29, 0.717) is 11.4 Å². The second-order valence-corrected chi connectivity index (χ2v) is 5.58. The van der Waals surface area contributed by atoms with Crippen LogP contribution in [0.15, 0.2) is 24.3 Å². The van der Waals surface area contributed by atoms with E-state index in [2.05, 4.69) is 0 Å². The molecule has 17 heavy (non-hydrogen) atoms. The van der Waals surface area contributed by atoms with Crippen LogP contribution in [0, 0.1) is 0 Å². The molecule has 0 saturated carbocycles. The van der Waals surface area contributed by atoms with Crippen molar-refractivity contribution in [1.82, 2.24) is 0 Å². The van der Waals surface area contributed by atoms with Gasteiger partial charge in [0.05, 0.1) is 12.8 Å². The summed E-state index contributed by atoms with van der Waals surface area (Å²) in [5.74, 6) is -0.334. The third kappa shape index (κ3) is 2.09. The van der Waals surface area contributed by atoms with E-state index in [1.165, 1.54) is 13.2 Å². The Labute approximate surface area is 99.5 Å². The number of hydrogen-bond acceptors (Lipinski definition) is 3. The molecule has 0 spiro atoms. The van der Waals surface area contributed by atoms with Crippen molar-refractivity contribution in [2.45, 2.75) is 5.78 Å². The third-order valence-electron chi connectivity index (χ3n) is 2.79. The van der Waals surface area contributed by atoms with Crippen molar-refractivity contribution in [2.24, 2.45) is 0 Å². The SMILES string of the molecule is COc1cccc2c1N(C)C(P(=O)(O)O)C=C2. The fourth-order valence-electron chi connectivity index (χ4n) is 2.00. The number of rotatable bonds is 2. The molecule has 2 rings (SSSR count). The maximum atomic E-state index is 11.4. The molecule has 1 aliphatic rings. The Balaban J connectivity index is 2.54. The molecule has 92 valence electrons. The molecule has 1 heterocycles. The number of anilines is 1. The second-order valence-electron chi connectivity index (χ2n) is 3.87. The highest BCUT2D eigenvalue weighted by atomic mass is 31.2. The minimum absolute atomic E-state index is 0.604. The van der Waals surface area contributed by atoms with Crippen LogP contribution in [-0.2, 0) is 4.57 Å². The minimum Gasteiger partial charge on any atom is -0.495 e. The van der Waals surface area contributed by atoms with Crippen LogP contribution in [-0.4, -0.2) is 29.7 Å². The molecule has 1 aromatic rings.